The van der Waals surface area contributed by atoms with Gasteiger partial charge in [0.1, 0.15) is 5.69 Å². The van der Waals surface area contributed by atoms with Crippen molar-refractivity contribution in [3.8, 4) is 11.3 Å². The molecule has 0 spiro atoms. The van der Waals surface area contributed by atoms with Crippen LogP contribution in [-0.4, -0.2) is 37.5 Å². The summed E-state index contributed by atoms with van der Waals surface area (Å²) in [6, 6.07) is 9.76. The van der Waals surface area contributed by atoms with E-state index in [1.54, 1.807) is 14.1 Å². The minimum Gasteiger partial charge on any atom is -0.443 e. The molecule has 2 rings (SSSR count). The second-order valence-corrected chi connectivity index (χ2v) is 4.45. The number of benzene rings is 1. The van der Waals surface area contributed by atoms with Crippen molar-refractivity contribution in [2.45, 2.75) is 6.54 Å². The van der Waals surface area contributed by atoms with E-state index in [1.807, 2.05) is 30.3 Å². The molecule has 1 aromatic carbocycles. The van der Waals surface area contributed by atoms with Crippen molar-refractivity contribution in [1.82, 2.24) is 20.9 Å². The van der Waals surface area contributed by atoms with Crippen LogP contribution < -0.4 is 16.0 Å². The molecule has 0 fully saturated rings. The number of nitrogens with zero attached hydrogens (tertiary/aromatic N) is 2. The van der Waals surface area contributed by atoms with Crippen molar-refractivity contribution in [1.29, 1.82) is 0 Å². The van der Waals surface area contributed by atoms with Gasteiger partial charge in [-0.25, -0.2) is 4.98 Å². The number of amides is 1. The Hall–Kier alpha value is -2.10. The van der Waals surface area contributed by atoms with E-state index in [9.17, 15) is 4.79 Å². The Morgan fingerprint density at radius 2 is 2.00 bits per heavy atom. The van der Waals surface area contributed by atoms with Crippen LogP contribution in [0.15, 0.2) is 46.1 Å². The lowest BCUT2D eigenvalue weighted by molar-refractivity contribution is -0.119. The fraction of sp³-hybridized carbons (Fsp3) is 0.267. The van der Waals surface area contributed by atoms with Gasteiger partial charge in [-0.05, 0) is 0 Å². The van der Waals surface area contributed by atoms with Crippen LogP contribution in [0.3, 0.4) is 0 Å². The largest absolute Gasteiger partial charge is 0.443 e. The Bertz CT molecular complexity index is 642. The molecule has 124 valence electrons. The van der Waals surface area contributed by atoms with Crippen LogP contribution in [0.1, 0.15) is 5.69 Å². The molecule has 0 aliphatic heterocycles. The highest BCUT2D eigenvalue weighted by Gasteiger charge is 2.11. The topological polar surface area (TPSA) is 91.5 Å². The Labute approximate surface area is 152 Å². The minimum atomic E-state index is -0.116. The summed E-state index contributed by atoms with van der Waals surface area (Å²) < 4.78 is 5.46. The second kappa shape index (κ2) is 9.82. The lowest BCUT2D eigenvalue weighted by atomic mass is 10.1. The fourth-order valence-corrected chi connectivity index (χ4v) is 1.86. The van der Waals surface area contributed by atoms with Gasteiger partial charge in [0.2, 0.25) is 5.91 Å². The highest BCUT2D eigenvalue weighted by Crippen LogP contribution is 2.22. The number of halogens is 1. The van der Waals surface area contributed by atoms with Gasteiger partial charge in [0.25, 0.3) is 0 Å². The van der Waals surface area contributed by atoms with Gasteiger partial charge in [-0.15, -0.1) is 24.0 Å². The summed E-state index contributed by atoms with van der Waals surface area (Å²) in [5, 5.41) is 8.54. The summed E-state index contributed by atoms with van der Waals surface area (Å²) in [4.78, 5) is 19.5. The number of guanidine groups is 1. The van der Waals surface area contributed by atoms with Crippen molar-refractivity contribution in [3.63, 3.8) is 0 Å². The minimum absolute atomic E-state index is 0. The van der Waals surface area contributed by atoms with Crippen LogP contribution in [0.5, 0.6) is 0 Å². The molecule has 1 amide bonds. The molecule has 0 bridgehead atoms. The number of likely N-dealkylation sites (N-methyl/N-ethyl adjacent to an activating group) is 1. The lowest BCUT2D eigenvalue weighted by Crippen LogP contribution is -2.42. The molecule has 3 N–H and O–H groups in total. The molecule has 0 atom stereocenters. The maximum Gasteiger partial charge on any atom is 0.239 e. The molecule has 0 radical (unpaired) electrons. The van der Waals surface area contributed by atoms with E-state index in [1.165, 1.54) is 6.39 Å². The van der Waals surface area contributed by atoms with Crippen LogP contribution in [-0.2, 0) is 11.3 Å². The van der Waals surface area contributed by atoms with Crippen molar-refractivity contribution in [2.24, 2.45) is 4.99 Å². The summed E-state index contributed by atoms with van der Waals surface area (Å²) in [5.41, 5.74) is 1.74. The summed E-state index contributed by atoms with van der Waals surface area (Å²) in [6.07, 6.45) is 1.42. The molecule has 0 saturated heterocycles. The molecule has 0 saturated carbocycles. The first kappa shape index (κ1) is 18.9. The Morgan fingerprint density at radius 3 is 2.65 bits per heavy atom. The maximum absolute atomic E-state index is 11.2. The van der Waals surface area contributed by atoms with Crippen LogP contribution in [0.4, 0.5) is 0 Å². The zero-order valence-electron chi connectivity index (χ0n) is 13.0. The average molecular weight is 429 g/mol. The number of rotatable bonds is 5. The first-order valence-electron chi connectivity index (χ1n) is 6.87. The summed E-state index contributed by atoms with van der Waals surface area (Å²) in [5.74, 6) is 1.12. The van der Waals surface area contributed by atoms with Gasteiger partial charge in [-0.2, -0.15) is 0 Å². The monoisotopic (exact) mass is 429 g/mol. The Morgan fingerprint density at radius 1 is 1.26 bits per heavy atom. The SMILES string of the molecule is CN=C(NCC(=O)NC)NCc1ncoc1-c1ccccc1.I. The first-order valence-corrected chi connectivity index (χ1v) is 6.87. The standard InChI is InChI=1S/C15H19N5O2.HI/c1-16-13(21)9-19-15(17-2)18-8-12-14(22-10-20-12)11-6-4-3-5-7-11;/h3-7,10H,8-9H2,1-2H3,(H,16,21)(H2,17,18,19);1H. The number of aliphatic imine (C=N–C) groups is 1. The van der Waals surface area contributed by atoms with E-state index in [2.05, 4.69) is 25.9 Å². The van der Waals surface area contributed by atoms with Crippen LogP contribution in [0, 0.1) is 0 Å². The third kappa shape index (κ3) is 5.55. The predicted molar refractivity (Wildman–Crippen MR) is 99.6 cm³/mol. The second-order valence-electron chi connectivity index (χ2n) is 4.45. The molecule has 1 heterocycles. The number of carbonyl (C=O) groups is 1. The molecule has 2 aromatic rings. The zero-order chi connectivity index (χ0) is 15.8. The van der Waals surface area contributed by atoms with Crippen LogP contribution >= 0.6 is 24.0 Å². The summed E-state index contributed by atoms with van der Waals surface area (Å²) >= 11 is 0. The molecule has 0 aliphatic carbocycles. The van der Waals surface area contributed by atoms with Gasteiger partial charge in [-0.3, -0.25) is 9.79 Å². The van der Waals surface area contributed by atoms with E-state index < -0.39 is 0 Å². The third-order valence-corrected chi connectivity index (χ3v) is 3.02. The van der Waals surface area contributed by atoms with E-state index in [0.717, 1.165) is 17.0 Å². The first-order chi connectivity index (χ1) is 10.7. The predicted octanol–water partition coefficient (Wildman–Crippen LogP) is 1.37. The highest BCUT2D eigenvalue weighted by molar-refractivity contribution is 14.0. The Balaban J connectivity index is 0.00000264. The van der Waals surface area contributed by atoms with E-state index in [-0.39, 0.29) is 36.4 Å². The number of hydrogen-bond acceptors (Lipinski definition) is 4. The van der Waals surface area contributed by atoms with Gasteiger partial charge in [0, 0.05) is 19.7 Å². The smallest absolute Gasteiger partial charge is 0.239 e. The molecular weight excluding hydrogens is 409 g/mol. The number of aromatic nitrogens is 1. The quantitative estimate of drug-likeness (QED) is 0.380. The van der Waals surface area contributed by atoms with Crippen molar-refractivity contribution < 1.29 is 9.21 Å². The van der Waals surface area contributed by atoms with Crippen molar-refractivity contribution in [3.05, 3.63) is 42.4 Å². The summed E-state index contributed by atoms with van der Waals surface area (Å²) in [6.45, 7) is 0.592. The van der Waals surface area contributed by atoms with Gasteiger partial charge < -0.3 is 20.4 Å². The average Bonchev–Trinajstić information content (AvgIpc) is 3.04. The van der Waals surface area contributed by atoms with Crippen molar-refractivity contribution in [2.75, 3.05) is 20.6 Å². The molecule has 23 heavy (non-hydrogen) atoms. The fourth-order valence-electron chi connectivity index (χ4n) is 1.86. The van der Waals surface area contributed by atoms with E-state index >= 15 is 0 Å². The molecule has 8 heteroatoms. The van der Waals surface area contributed by atoms with Gasteiger partial charge in [-0.1, -0.05) is 30.3 Å². The van der Waals surface area contributed by atoms with Gasteiger partial charge in [0.15, 0.2) is 18.1 Å². The molecular formula is C15H20IN5O2. The molecule has 7 nitrogen and oxygen atoms in total. The molecule has 0 aliphatic rings. The van der Waals surface area contributed by atoms with Gasteiger partial charge >= 0.3 is 0 Å². The van der Waals surface area contributed by atoms with Crippen molar-refractivity contribution >= 4 is 35.8 Å². The number of nitrogens with one attached hydrogen (secondary N) is 3. The third-order valence-electron chi connectivity index (χ3n) is 3.02. The van der Waals surface area contributed by atoms with Gasteiger partial charge in [0.05, 0.1) is 13.1 Å². The molecule has 1 aromatic heterocycles. The summed E-state index contributed by atoms with van der Waals surface area (Å²) in [7, 11) is 3.22. The molecule has 0 unspecified atom stereocenters. The maximum atomic E-state index is 11.2. The van der Waals surface area contributed by atoms with Crippen LogP contribution in [0.25, 0.3) is 11.3 Å². The highest BCUT2D eigenvalue weighted by atomic mass is 127. The normalized spacial score (nSPS) is 10.6. The Kier molecular flexibility index (Phi) is 8.09. The number of oxazole rings is 1. The van der Waals surface area contributed by atoms with E-state index in [4.69, 9.17) is 4.42 Å². The van der Waals surface area contributed by atoms with E-state index in [0.29, 0.717) is 12.5 Å². The zero-order valence-corrected chi connectivity index (χ0v) is 15.3. The number of carbonyl (C=O) groups excluding carboxylic acids is 1. The van der Waals surface area contributed by atoms with Crippen LogP contribution in [0.2, 0.25) is 0 Å². The number of hydrogen-bond donors (Lipinski definition) is 3. The lowest BCUT2D eigenvalue weighted by Gasteiger charge is -2.10.